The van der Waals surface area contributed by atoms with Gasteiger partial charge in [-0.1, -0.05) is 48.5 Å². The van der Waals surface area contributed by atoms with Crippen LogP contribution in [0.4, 0.5) is 34.1 Å². The molecule has 0 fully saturated rings. The minimum Gasteiger partial charge on any atom is -0.352 e. The highest BCUT2D eigenvalue weighted by Crippen LogP contribution is 2.49. The second-order valence-corrected chi connectivity index (χ2v) is 26.3. The van der Waals surface area contributed by atoms with Crippen LogP contribution in [0.25, 0.3) is 0 Å². The molecule has 2 aliphatic heterocycles. The molecule has 0 radical (unpaired) electrons. The summed E-state index contributed by atoms with van der Waals surface area (Å²) < 4.78 is 6.32. The fraction of sp³-hybridized carbons (Fsp3) is 0.368. The molecule has 4 aromatic rings. The van der Waals surface area contributed by atoms with Crippen molar-refractivity contribution in [1.29, 1.82) is 0 Å². The number of azo groups is 4. The Hall–Kier alpha value is -3.57. The van der Waals surface area contributed by atoms with Crippen molar-refractivity contribution < 1.29 is 9.39 Å². The van der Waals surface area contributed by atoms with Crippen molar-refractivity contribution in [2.24, 2.45) is 10.2 Å². The summed E-state index contributed by atoms with van der Waals surface area (Å²) in [6.45, 7) is 25.8. The number of hydrogen-bond acceptors (Lipinski definition) is 2. The standard InChI is InChI=1S/C21H33N3Si2.C17H21N3/c1-17-14-18(2)21-20(15-17)22-23(19-12-10-9-11-13-19)16-24(21,25(3,4)5)26(6,7)8;1-13-10-14(2)17-16(11-13)18-19(12-20(17,3)4)15-8-6-5-7-9-15/h9-15H,16H2,1-8H3;5-11H,12H2,1-4H3/q2*+2. The average molecular weight is 651 g/mol. The van der Waals surface area contributed by atoms with Crippen LogP contribution in [-0.4, -0.2) is 53.3 Å². The number of quaternary nitrogens is 2. The maximum atomic E-state index is 5.12. The van der Waals surface area contributed by atoms with Crippen molar-refractivity contribution in [3.8, 4) is 0 Å². The van der Waals surface area contributed by atoms with Gasteiger partial charge in [0.25, 0.3) is 23.1 Å². The molecule has 0 spiro atoms. The van der Waals surface area contributed by atoms with E-state index < -0.39 is 16.5 Å². The molecular weight excluding hydrogens is 597 g/mol. The zero-order chi connectivity index (χ0) is 33.7. The van der Waals surface area contributed by atoms with Crippen molar-refractivity contribution in [2.45, 2.75) is 67.0 Å². The van der Waals surface area contributed by atoms with Crippen molar-refractivity contribution >= 4 is 50.6 Å². The summed E-state index contributed by atoms with van der Waals surface area (Å²) in [5.74, 6) is 0. The van der Waals surface area contributed by atoms with Crippen LogP contribution in [0.15, 0.2) is 95.2 Å². The van der Waals surface area contributed by atoms with Crippen molar-refractivity contribution in [3.63, 3.8) is 0 Å². The molecule has 8 heteroatoms. The molecule has 2 aliphatic rings. The fourth-order valence-corrected chi connectivity index (χ4v) is 19.0. The third-order valence-electron chi connectivity index (χ3n) is 9.53. The minimum absolute atomic E-state index is 0.819. The van der Waals surface area contributed by atoms with Gasteiger partial charge in [-0.2, -0.15) is 0 Å². The largest absolute Gasteiger partial charge is 0.352 e. The predicted molar refractivity (Wildman–Crippen MR) is 201 cm³/mol. The van der Waals surface area contributed by atoms with Gasteiger partial charge in [-0.25, -0.2) is 4.48 Å². The molecule has 0 N–H and O–H groups in total. The molecule has 0 bridgehead atoms. The first-order chi connectivity index (χ1) is 21.4. The van der Waals surface area contributed by atoms with E-state index in [1.54, 1.807) is 0 Å². The average Bonchev–Trinajstić information content (AvgIpc) is 2.95. The van der Waals surface area contributed by atoms with Gasteiger partial charge in [-0.3, -0.25) is 0 Å². The lowest BCUT2D eigenvalue weighted by atomic mass is 10.1. The number of rotatable bonds is 4. The summed E-state index contributed by atoms with van der Waals surface area (Å²) >= 11 is 0. The fourth-order valence-electron chi connectivity index (χ4n) is 7.89. The van der Waals surface area contributed by atoms with E-state index in [-0.39, 0.29) is 0 Å². The smallest absolute Gasteiger partial charge is 0.306 e. The van der Waals surface area contributed by atoms with Crippen molar-refractivity contribution in [1.82, 2.24) is 8.30 Å². The molecule has 240 valence electrons. The van der Waals surface area contributed by atoms with Crippen LogP contribution in [0.1, 0.15) is 22.3 Å². The number of fused-ring (bicyclic) bond motifs is 2. The van der Waals surface area contributed by atoms with Gasteiger partial charge in [0.1, 0.15) is 5.69 Å². The zero-order valence-corrected chi connectivity index (χ0v) is 32.2. The first-order valence-corrected chi connectivity index (χ1v) is 23.4. The van der Waals surface area contributed by atoms with Gasteiger partial charge in [-0.15, -0.1) is 0 Å². The van der Waals surface area contributed by atoms with Crippen LogP contribution in [0.2, 0.25) is 39.3 Å². The normalized spacial score (nSPS) is 16.7. The number of aryl methyl sites for hydroxylation is 4. The Morgan fingerprint density at radius 2 is 0.935 bits per heavy atom. The Labute approximate surface area is 279 Å². The molecule has 0 saturated carbocycles. The van der Waals surface area contributed by atoms with E-state index in [1.807, 2.05) is 6.07 Å². The molecule has 46 heavy (non-hydrogen) atoms. The van der Waals surface area contributed by atoms with Crippen LogP contribution in [0.5, 0.6) is 0 Å². The Kier molecular flexibility index (Phi) is 8.98. The quantitative estimate of drug-likeness (QED) is 0.120. The first kappa shape index (κ1) is 33.8. The lowest BCUT2D eigenvalue weighted by Crippen LogP contribution is -2.78. The second-order valence-electron chi connectivity index (χ2n) is 15.7. The van der Waals surface area contributed by atoms with E-state index in [9.17, 15) is 0 Å². The number of benzene rings is 4. The van der Waals surface area contributed by atoms with Crippen LogP contribution in [0, 0.1) is 27.7 Å². The Balaban J connectivity index is 0.000000187. The SMILES string of the molecule is Cc1cc(C)c2c(c1)N=[N+](c1ccccc1)C[N+]2(C)C.Cc1cc(C)c2c(c1)N=[N+](c1ccccc1)C[N+]2([Si](C)(C)C)[Si](C)(C)C. The maximum Gasteiger partial charge on any atom is 0.306 e. The first-order valence-electron chi connectivity index (χ1n) is 16.5. The summed E-state index contributed by atoms with van der Waals surface area (Å²) in [4.78, 5) is 0. The summed E-state index contributed by atoms with van der Waals surface area (Å²) in [6.07, 6.45) is 0. The third kappa shape index (κ3) is 6.23. The summed E-state index contributed by atoms with van der Waals surface area (Å²) in [5, 5.41) is 9.97. The predicted octanol–water partition coefficient (Wildman–Crippen LogP) is 10.9. The molecule has 2 heterocycles. The topological polar surface area (TPSA) is 30.7 Å². The summed E-state index contributed by atoms with van der Waals surface area (Å²) in [7, 11) is 1.25. The molecule has 0 atom stereocenters. The van der Waals surface area contributed by atoms with E-state index in [0.29, 0.717) is 0 Å². The van der Waals surface area contributed by atoms with Crippen LogP contribution < -0.4 is 8.30 Å². The third-order valence-corrected chi connectivity index (χ3v) is 18.9. The molecule has 0 saturated heterocycles. The highest BCUT2D eigenvalue weighted by molar-refractivity contribution is 6.95. The van der Waals surface area contributed by atoms with Crippen LogP contribution in [-0.2, 0) is 0 Å². The molecule has 0 aromatic heterocycles. The zero-order valence-electron chi connectivity index (χ0n) is 30.2. The molecule has 6 rings (SSSR count). The van der Waals surface area contributed by atoms with E-state index in [0.717, 1.165) is 33.0 Å². The lowest BCUT2D eigenvalue weighted by Gasteiger charge is -2.55. The van der Waals surface area contributed by atoms with Gasteiger partial charge >= 0.3 is 6.67 Å². The molecule has 0 amide bonds. The molecule has 0 aliphatic carbocycles. The number of para-hydroxylation sites is 2. The Morgan fingerprint density at radius 3 is 1.37 bits per heavy atom. The van der Waals surface area contributed by atoms with Gasteiger partial charge in [0, 0.05) is 45.6 Å². The van der Waals surface area contributed by atoms with Gasteiger partial charge in [-0.05, 0) is 99.6 Å². The summed E-state index contributed by atoms with van der Waals surface area (Å²) in [5.41, 5.74) is 12.7. The molecule has 0 unspecified atom stereocenters. The van der Waals surface area contributed by atoms with Crippen LogP contribution in [0.3, 0.4) is 0 Å². The summed E-state index contributed by atoms with van der Waals surface area (Å²) in [6, 6.07) is 30.1. The highest BCUT2D eigenvalue weighted by Gasteiger charge is 2.60. The van der Waals surface area contributed by atoms with Crippen LogP contribution >= 0.6 is 0 Å². The van der Waals surface area contributed by atoms with Gasteiger partial charge in [0.15, 0.2) is 17.1 Å². The lowest BCUT2D eigenvalue weighted by molar-refractivity contribution is -0.529. The number of nitrogens with zero attached hydrogens (tertiary/aromatic N) is 6. The highest BCUT2D eigenvalue weighted by atomic mass is 28.4. The Bertz CT molecular complexity index is 1800. The van der Waals surface area contributed by atoms with Crippen molar-refractivity contribution in [3.05, 3.63) is 107 Å². The minimum atomic E-state index is -1.62. The molecule has 6 nitrogen and oxygen atoms in total. The van der Waals surface area contributed by atoms with E-state index >= 15 is 0 Å². The van der Waals surface area contributed by atoms with Gasteiger partial charge in [0.2, 0.25) is 11.4 Å². The van der Waals surface area contributed by atoms with E-state index in [1.165, 1.54) is 45.0 Å². The number of hydrogen-bond donors (Lipinski definition) is 0. The monoisotopic (exact) mass is 650 g/mol. The molecule has 4 aromatic carbocycles. The second kappa shape index (κ2) is 12.2. The molecular formula is C38H54N6Si2+4. The van der Waals surface area contributed by atoms with Gasteiger partial charge < -0.3 is 3.81 Å². The van der Waals surface area contributed by atoms with E-state index in [4.69, 9.17) is 10.2 Å². The van der Waals surface area contributed by atoms with Crippen molar-refractivity contribution in [2.75, 3.05) is 27.4 Å². The van der Waals surface area contributed by atoms with Gasteiger partial charge in [0.05, 0.1) is 14.1 Å². The van der Waals surface area contributed by atoms with E-state index in [2.05, 4.69) is 169 Å². The Morgan fingerprint density at radius 1 is 0.543 bits per heavy atom. The maximum absolute atomic E-state index is 5.12.